The Balaban J connectivity index is 1.55. The van der Waals surface area contributed by atoms with Crippen molar-refractivity contribution in [2.24, 2.45) is 5.10 Å². The Morgan fingerprint density at radius 3 is 2.63 bits per heavy atom. The van der Waals surface area contributed by atoms with Crippen molar-refractivity contribution in [3.63, 3.8) is 0 Å². The standard InChI is InChI=1S/C21H16ClN3O5/c1-13-7-8-15(11-17(13)22)24-19(26)20(27)25-23-12-14-4-2-5-16(10-14)30-21(28)18-6-3-9-29-18/h2-12H,1H3,(H,24,26)(H,25,27)/b23-12+. The van der Waals surface area contributed by atoms with Gasteiger partial charge in [-0.25, -0.2) is 10.2 Å². The molecule has 9 heteroatoms. The van der Waals surface area contributed by atoms with Crippen LogP contribution in [0.5, 0.6) is 5.75 Å². The molecule has 152 valence electrons. The molecule has 0 atom stereocenters. The maximum atomic E-state index is 11.9. The number of esters is 1. The van der Waals surface area contributed by atoms with Gasteiger partial charge in [0, 0.05) is 10.7 Å². The fraction of sp³-hybridized carbons (Fsp3) is 0.0476. The third-order valence-electron chi connectivity index (χ3n) is 3.81. The summed E-state index contributed by atoms with van der Waals surface area (Å²) in [5.74, 6) is -2.16. The van der Waals surface area contributed by atoms with Gasteiger partial charge >= 0.3 is 17.8 Å². The molecule has 0 spiro atoms. The van der Waals surface area contributed by atoms with Crippen LogP contribution in [-0.2, 0) is 9.59 Å². The van der Waals surface area contributed by atoms with Gasteiger partial charge in [0.2, 0.25) is 5.76 Å². The highest BCUT2D eigenvalue weighted by molar-refractivity contribution is 6.39. The van der Waals surface area contributed by atoms with Crippen molar-refractivity contribution in [1.29, 1.82) is 0 Å². The molecular formula is C21H16ClN3O5. The van der Waals surface area contributed by atoms with E-state index in [4.69, 9.17) is 20.8 Å². The number of hydrazone groups is 1. The van der Waals surface area contributed by atoms with Crippen LogP contribution in [0.2, 0.25) is 5.02 Å². The number of halogens is 1. The highest BCUT2D eigenvalue weighted by Crippen LogP contribution is 2.19. The molecule has 3 aromatic rings. The van der Waals surface area contributed by atoms with Crippen LogP contribution < -0.4 is 15.5 Å². The summed E-state index contributed by atoms with van der Waals surface area (Å²) < 4.78 is 10.2. The summed E-state index contributed by atoms with van der Waals surface area (Å²) in [4.78, 5) is 35.7. The lowest BCUT2D eigenvalue weighted by molar-refractivity contribution is -0.136. The van der Waals surface area contributed by atoms with Gasteiger partial charge in [-0.3, -0.25) is 9.59 Å². The van der Waals surface area contributed by atoms with Crippen LogP contribution >= 0.6 is 11.6 Å². The van der Waals surface area contributed by atoms with Crippen LogP contribution in [0.15, 0.2) is 70.4 Å². The summed E-state index contributed by atoms with van der Waals surface area (Å²) in [6.45, 7) is 1.82. The van der Waals surface area contributed by atoms with Crippen LogP contribution in [-0.4, -0.2) is 24.0 Å². The average Bonchev–Trinajstić information content (AvgIpc) is 3.26. The molecule has 0 bridgehead atoms. The number of carbonyl (C=O) groups excluding carboxylic acids is 3. The summed E-state index contributed by atoms with van der Waals surface area (Å²) in [5.41, 5.74) is 3.89. The summed E-state index contributed by atoms with van der Waals surface area (Å²) in [6, 6.07) is 14.4. The van der Waals surface area contributed by atoms with E-state index in [1.807, 2.05) is 6.92 Å². The van der Waals surface area contributed by atoms with Gasteiger partial charge in [-0.2, -0.15) is 5.10 Å². The van der Waals surface area contributed by atoms with Crippen molar-refractivity contribution < 1.29 is 23.5 Å². The monoisotopic (exact) mass is 425 g/mol. The van der Waals surface area contributed by atoms with Crippen molar-refractivity contribution >= 4 is 41.3 Å². The minimum Gasteiger partial charge on any atom is -0.457 e. The second-order valence-electron chi connectivity index (χ2n) is 6.06. The molecule has 8 nitrogen and oxygen atoms in total. The third-order valence-corrected chi connectivity index (χ3v) is 4.21. The molecule has 0 saturated heterocycles. The molecule has 3 rings (SSSR count). The van der Waals surface area contributed by atoms with Gasteiger partial charge in [0.1, 0.15) is 5.75 Å². The topological polar surface area (TPSA) is 110 Å². The highest BCUT2D eigenvalue weighted by atomic mass is 35.5. The molecule has 0 radical (unpaired) electrons. The first kappa shape index (κ1) is 20.8. The second kappa shape index (κ2) is 9.53. The number of rotatable bonds is 5. The smallest absolute Gasteiger partial charge is 0.379 e. The number of anilines is 1. The third kappa shape index (κ3) is 5.55. The highest BCUT2D eigenvalue weighted by Gasteiger charge is 2.14. The van der Waals surface area contributed by atoms with Crippen LogP contribution in [0.4, 0.5) is 5.69 Å². The zero-order chi connectivity index (χ0) is 21.5. The summed E-state index contributed by atoms with van der Waals surface area (Å²) >= 11 is 5.99. The van der Waals surface area contributed by atoms with Gasteiger partial charge < -0.3 is 14.5 Å². The molecule has 2 amide bonds. The fourth-order valence-electron chi connectivity index (χ4n) is 2.29. The van der Waals surface area contributed by atoms with E-state index in [2.05, 4.69) is 15.8 Å². The minimum atomic E-state index is -0.955. The maximum Gasteiger partial charge on any atom is 0.379 e. The van der Waals surface area contributed by atoms with E-state index >= 15 is 0 Å². The number of hydrogen-bond donors (Lipinski definition) is 2. The van der Waals surface area contributed by atoms with Gasteiger partial charge in [0.25, 0.3) is 0 Å². The number of ether oxygens (including phenoxy) is 1. The van der Waals surface area contributed by atoms with Crippen molar-refractivity contribution in [2.75, 3.05) is 5.32 Å². The number of carbonyl (C=O) groups is 3. The molecule has 0 aliphatic rings. The lowest BCUT2D eigenvalue weighted by Gasteiger charge is -2.06. The molecular weight excluding hydrogens is 410 g/mol. The fourth-order valence-corrected chi connectivity index (χ4v) is 2.47. The number of amides is 2. The summed E-state index contributed by atoms with van der Waals surface area (Å²) in [7, 11) is 0. The number of furan rings is 1. The van der Waals surface area contributed by atoms with Gasteiger partial charge in [-0.05, 0) is 54.4 Å². The number of benzene rings is 2. The van der Waals surface area contributed by atoms with Crippen LogP contribution in [0, 0.1) is 6.92 Å². The van der Waals surface area contributed by atoms with Gasteiger partial charge in [0.05, 0.1) is 12.5 Å². The first-order chi connectivity index (χ1) is 14.4. The summed E-state index contributed by atoms with van der Waals surface area (Å²) in [5, 5.41) is 6.63. The van der Waals surface area contributed by atoms with Crippen molar-refractivity contribution in [3.05, 3.63) is 82.8 Å². The second-order valence-corrected chi connectivity index (χ2v) is 6.46. The molecule has 0 aliphatic heterocycles. The number of aryl methyl sites for hydroxylation is 1. The normalized spacial score (nSPS) is 10.6. The zero-order valence-electron chi connectivity index (χ0n) is 15.7. The molecule has 2 N–H and O–H groups in total. The predicted octanol–water partition coefficient (Wildman–Crippen LogP) is 3.55. The quantitative estimate of drug-likeness (QED) is 0.213. The Hall–Kier alpha value is -3.91. The summed E-state index contributed by atoms with van der Waals surface area (Å²) in [6.07, 6.45) is 2.67. The van der Waals surface area contributed by atoms with Gasteiger partial charge in [-0.1, -0.05) is 29.8 Å². The molecule has 0 fully saturated rings. The minimum absolute atomic E-state index is 0.0715. The van der Waals surface area contributed by atoms with Crippen molar-refractivity contribution in [1.82, 2.24) is 5.43 Å². The Morgan fingerprint density at radius 2 is 1.90 bits per heavy atom. The van der Waals surface area contributed by atoms with Crippen molar-refractivity contribution in [2.45, 2.75) is 6.92 Å². The number of nitrogens with zero attached hydrogens (tertiary/aromatic N) is 1. The first-order valence-electron chi connectivity index (χ1n) is 8.68. The molecule has 0 saturated carbocycles. The Kier molecular flexibility index (Phi) is 6.61. The number of hydrogen-bond acceptors (Lipinski definition) is 6. The number of nitrogens with one attached hydrogen (secondary N) is 2. The first-order valence-corrected chi connectivity index (χ1v) is 9.06. The van der Waals surface area contributed by atoms with Crippen LogP contribution in [0.1, 0.15) is 21.7 Å². The van der Waals surface area contributed by atoms with E-state index in [0.717, 1.165) is 5.56 Å². The van der Waals surface area contributed by atoms with E-state index in [9.17, 15) is 14.4 Å². The zero-order valence-corrected chi connectivity index (χ0v) is 16.5. The van der Waals surface area contributed by atoms with Gasteiger partial charge in [-0.15, -0.1) is 0 Å². The lowest BCUT2D eigenvalue weighted by atomic mass is 10.2. The molecule has 1 heterocycles. The van der Waals surface area contributed by atoms with Gasteiger partial charge in [0.15, 0.2) is 0 Å². The Labute approximate surface area is 176 Å². The van der Waals surface area contributed by atoms with E-state index in [-0.39, 0.29) is 11.5 Å². The SMILES string of the molecule is Cc1ccc(NC(=O)C(=O)N/N=C/c2cccc(OC(=O)c3ccco3)c2)cc1Cl. The Morgan fingerprint density at radius 1 is 1.07 bits per heavy atom. The lowest BCUT2D eigenvalue weighted by Crippen LogP contribution is -2.32. The molecule has 0 aliphatic carbocycles. The van der Waals surface area contributed by atoms with Crippen molar-refractivity contribution in [3.8, 4) is 5.75 Å². The molecule has 2 aromatic carbocycles. The van der Waals surface area contributed by atoms with E-state index in [1.165, 1.54) is 24.6 Å². The maximum absolute atomic E-state index is 11.9. The molecule has 30 heavy (non-hydrogen) atoms. The van der Waals surface area contributed by atoms with E-state index in [0.29, 0.717) is 16.3 Å². The Bertz CT molecular complexity index is 1110. The van der Waals surface area contributed by atoms with Crippen LogP contribution in [0.25, 0.3) is 0 Å². The van der Waals surface area contributed by atoms with E-state index in [1.54, 1.807) is 42.5 Å². The molecule has 1 aromatic heterocycles. The molecule has 0 unspecified atom stereocenters. The van der Waals surface area contributed by atoms with E-state index < -0.39 is 17.8 Å². The van der Waals surface area contributed by atoms with Crippen LogP contribution in [0.3, 0.4) is 0 Å². The predicted molar refractivity (Wildman–Crippen MR) is 111 cm³/mol. The average molecular weight is 426 g/mol. The largest absolute Gasteiger partial charge is 0.457 e.